The maximum absolute atomic E-state index is 12.9. The van der Waals surface area contributed by atoms with Crippen molar-refractivity contribution in [3.8, 4) is 0 Å². The molecule has 0 atom stereocenters. The number of aryl methyl sites for hydroxylation is 1. The predicted molar refractivity (Wildman–Crippen MR) is 100 cm³/mol. The second kappa shape index (κ2) is 6.10. The Bertz CT molecular complexity index is 1050. The number of aromatic amines is 1. The number of oxime groups is 1. The molecule has 2 aromatic carbocycles. The molecule has 0 bridgehead atoms. The van der Waals surface area contributed by atoms with E-state index in [-0.39, 0.29) is 15.8 Å². The predicted octanol–water partition coefficient (Wildman–Crippen LogP) is 3.01. The molecule has 0 saturated heterocycles. The number of nitrogens with zero attached hydrogens (tertiary/aromatic N) is 1. The van der Waals surface area contributed by atoms with Crippen molar-refractivity contribution < 1.29 is 13.6 Å². The van der Waals surface area contributed by atoms with Gasteiger partial charge in [0.2, 0.25) is 9.84 Å². The second-order valence-corrected chi connectivity index (χ2v) is 8.30. The fourth-order valence-corrected chi connectivity index (χ4v) is 5.14. The highest BCUT2D eigenvalue weighted by Crippen LogP contribution is 2.31. The summed E-state index contributed by atoms with van der Waals surface area (Å²) >= 11 is 1.99. The molecular formula is C16H14IN3O3S. The van der Waals surface area contributed by atoms with Crippen LogP contribution in [0.3, 0.4) is 0 Å². The van der Waals surface area contributed by atoms with Crippen molar-refractivity contribution in [2.24, 2.45) is 10.9 Å². The average Bonchev–Trinajstić information content (AvgIpc) is 2.91. The number of nitrogens with one attached hydrogen (secondary N) is 1. The molecule has 24 heavy (non-hydrogen) atoms. The van der Waals surface area contributed by atoms with E-state index in [0.29, 0.717) is 20.0 Å². The van der Waals surface area contributed by atoms with Gasteiger partial charge in [0.25, 0.3) is 0 Å². The standard InChI is InChI=1S/C16H14IN3O3S/c1-9-2-5-11(6-3-9)24(22,23)16-14(17)12-8-10(15(18)20-21)4-7-13(12)19-16/h2-8,19,21H,1H3,(H2,18,20). The molecule has 0 unspecified atom stereocenters. The zero-order valence-electron chi connectivity index (χ0n) is 12.6. The number of hydrogen-bond donors (Lipinski definition) is 3. The van der Waals surface area contributed by atoms with Gasteiger partial charge in [0, 0.05) is 16.5 Å². The molecule has 0 saturated carbocycles. The summed E-state index contributed by atoms with van der Waals surface area (Å²) in [6, 6.07) is 11.8. The molecule has 4 N–H and O–H groups in total. The van der Waals surface area contributed by atoms with E-state index >= 15 is 0 Å². The third kappa shape index (κ3) is 2.75. The van der Waals surface area contributed by atoms with Gasteiger partial charge < -0.3 is 15.9 Å². The van der Waals surface area contributed by atoms with Crippen LogP contribution >= 0.6 is 22.6 Å². The van der Waals surface area contributed by atoms with Crippen LogP contribution in [0.4, 0.5) is 0 Å². The summed E-state index contributed by atoms with van der Waals surface area (Å²) < 4.78 is 26.3. The third-order valence-electron chi connectivity index (χ3n) is 3.71. The van der Waals surface area contributed by atoms with E-state index in [4.69, 9.17) is 10.9 Å². The summed E-state index contributed by atoms with van der Waals surface area (Å²) in [5.74, 6) is -0.0307. The number of benzene rings is 2. The number of amidine groups is 1. The summed E-state index contributed by atoms with van der Waals surface area (Å²) in [5, 5.41) is 12.6. The van der Waals surface area contributed by atoms with Crippen LogP contribution in [0.2, 0.25) is 0 Å². The first kappa shape index (κ1) is 16.8. The quantitative estimate of drug-likeness (QED) is 0.186. The normalized spacial score (nSPS) is 12.7. The summed E-state index contributed by atoms with van der Waals surface area (Å²) in [7, 11) is -3.66. The first-order chi connectivity index (χ1) is 11.3. The first-order valence-corrected chi connectivity index (χ1v) is 9.51. The number of halogens is 1. The molecule has 1 aromatic heterocycles. The lowest BCUT2D eigenvalue weighted by Gasteiger charge is -2.03. The molecule has 1 heterocycles. The van der Waals surface area contributed by atoms with Crippen LogP contribution in [0.5, 0.6) is 0 Å². The molecule has 0 radical (unpaired) electrons. The Labute approximate surface area is 152 Å². The number of H-pyrrole nitrogens is 1. The fourth-order valence-electron chi connectivity index (χ4n) is 2.37. The Morgan fingerprint density at radius 3 is 2.50 bits per heavy atom. The zero-order valence-corrected chi connectivity index (χ0v) is 15.6. The highest BCUT2D eigenvalue weighted by atomic mass is 127. The molecule has 124 valence electrons. The molecular weight excluding hydrogens is 441 g/mol. The summed E-state index contributed by atoms with van der Waals surface area (Å²) in [6.07, 6.45) is 0. The van der Waals surface area contributed by atoms with Gasteiger partial charge in [0.05, 0.1) is 8.47 Å². The fraction of sp³-hybridized carbons (Fsp3) is 0.0625. The van der Waals surface area contributed by atoms with Crippen LogP contribution in [0.1, 0.15) is 11.1 Å². The molecule has 0 fully saturated rings. The minimum Gasteiger partial charge on any atom is -0.409 e. The van der Waals surface area contributed by atoms with Crippen LogP contribution in [-0.4, -0.2) is 24.4 Å². The molecule has 3 aromatic rings. The van der Waals surface area contributed by atoms with Crippen molar-refractivity contribution in [3.05, 3.63) is 57.2 Å². The number of hydrogen-bond acceptors (Lipinski definition) is 4. The highest BCUT2D eigenvalue weighted by molar-refractivity contribution is 14.1. The van der Waals surface area contributed by atoms with Gasteiger partial charge in [0.15, 0.2) is 10.9 Å². The average molecular weight is 455 g/mol. The Balaban J connectivity index is 2.20. The highest BCUT2D eigenvalue weighted by Gasteiger charge is 2.24. The third-order valence-corrected chi connectivity index (χ3v) is 6.93. The van der Waals surface area contributed by atoms with E-state index in [1.807, 2.05) is 29.5 Å². The van der Waals surface area contributed by atoms with Gasteiger partial charge in [-0.3, -0.25) is 0 Å². The van der Waals surface area contributed by atoms with Crippen molar-refractivity contribution >= 4 is 49.2 Å². The SMILES string of the molecule is Cc1ccc(S(=O)(=O)c2[nH]c3ccc(C(N)=NO)cc3c2I)cc1. The largest absolute Gasteiger partial charge is 0.409 e. The minimum absolute atomic E-state index is 0.0307. The van der Waals surface area contributed by atoms with Crippen LogP contribution < -0.4 is 5.73 Å². The molecule has 3 rings (SSSR count). The molecule has 0 aliphatic heterocycles. The van der Waals surface area contributed by atoms with Gasteiger partial charge in [-0.1, -0.05) is 22.9 Å². The number of nitrogens with two attached hydrogens (primary N) is 1. The van der Waals surface area contributed by atoms with Crippen LogP contribution in [0.15, 0.2) is 57.5 Å². The van der Waals surface area contributed by atoms with Crippen molar-refractivity contribution in [1.82, 2.24) is 4.98 Å². The number of rotatable bonds is 3. The first-order valence-electron chi connectivity index (χ1n) is 6.95. The van der Waals surface area contributed by atoms with E-state index in [1.54, 1.807) is 42.5 Å². The van der Waals surface area contributed by atoms with E-state index in [2.05, 4.69) is 10.1 Å². The lowest BCUT2D eigenvalue weighted by atomic mass is 10.1. The number of sulfone groups is 1. The van der Waals surface area contributed by atoms with Crippen LogP contribution in [0, 0.1) is 10.5 Å². The van der Waals surface area contributed by atoms with E-state index in [0.717, 1.165) is 5.56 Å². The number of fused-ring (bicyclic) bond motifs is 1. The molecule has 8 heteroatoms. The lowest BCUT2D eigenvalue weighted by Crippen LogP contribution is -2.12. The lowest BCUT2D eigenvalue weighted by molar-refractivity contribution is 0.318. The van der Waals surface area contributed by atoms with Gasteiger partial charge >= 0.3 is 0 Å². The monoisotopic (exact) mass is 455 g/mol. The summed E-state index contributed by atoms with van der Waals surface area (Å²) in [6.45, 7) is 1.90. The van der Waals surface area contributed by atoms with Crippen molar-refractivity contribution in [2.45, 2.75) is 16.8 Å². The van der Waals surface area contributed by atoms with Gasteiger partial charge in [-0.05, 0) is 59.8 Å². The molecule has 0 aliphatic carbocycles. The van der Waals surface area contributed by atoms with E-state index in [1.165, 1.54) is 0 Å². The topological polar surface area (TPSA) is 109 Å². The minimum atomic E-state index is -3.66. The zero-order chi connectivity index (χ0) is 17.5. The van der Waals surface area contributed by atoms with Crippen molar-refractivity contribution in [1.29, 1.82) is 0 Å². The van der Waals surface area contributed by atoms with Gasteiger partial charge in [0.1, 0.15) is 0 Å². The summed E-state index contributed by atoms with van der Waals surface area (Å²) in [5.41, 5.74) is 7.77. The number of aromatic nitrogens is 1. The van der Waals surface area contributed by atoms with Crippen LogP contribution in [-0.2, 0) is 9.84 Å². The maximum atomic E-state index is 12.9. The molecule has 6 nitrogen and oxygen atoms in total. The second-order valence-electron chi connectivity index (χ2n) is 5.33. The van der Waals surface area contributed by atoms with Gasteiger partial charge in [-0.2, -0.15) is 0 Å². The van der Waals surface area contributed by atoms with Crippen molar-refractivity contribution in [3.63, 3.8) is 0 Å². The van der Waals surface area contributed by atoms with Crippen LogP contribution in [0.25, 0.3) is 10.9 Å². The van der Waals surface area contributed by atoms with Gasteiger partial charge in [-0.15, -0.1) is 0 Å². The maximum Gasteiger partial charge on any atom is 0.222 e. The van der Waals surface area contributed by atoms with E-state index in [9.17, 15) is 8.42 Å². The Morgan fingerprint density at radius 2 is 1.88 bits per heavy atom. The Morgan fingerprint density at radius 1 is 1.21 bits per heavy atom. The smallest absolute Gasteiger partial charge is 0.222 e. The molecule has 0 spiro atoms. The Kier molecular flexibility index (Phi) is 4.26. The van der Waals surface area contributed by atoms with Gasteiger partial charge in [-0.25, -0.2) is 8.42 Å². The van der Waals surface area contributed by atoms with Crippen molar-refractivity contribution in [2.75, 3.05) is 0 Å². The molecule has 0 amide bonds. The van der Waals surface area contributed by atoms with E-state index < -0.39 is 9.84 Å². The Hall–Kier alpha value is -2.07. The summed E-state index contributed by atoms with van der Waals surface area (Å²) in [4.78, 5) is 3.19. The molecule has 0 aliphatic rings.